The van der Waals surface area contributed by atoms with E-state index >= 15 is 0 Å². The van der Waals surface area contributed by atoms with Crippen molar-refractivity contribution in [3.8, 4) is 0 Å². The van der Waals surface area contributed by atoms with E-state index in [0.29, 0.717) is 33.3 Å². The number of halogens is 3. The maximum Gasteiger partial charge on any atom is 0.443 e. The summed E-state index contributed by atoms with van der Waals surface area (Å²) in [6.07, 6.45) is -3.26. The van der Waals surface area contributed by atoms with E-state index in [1.165, 1.54) is 6.20 Å². The first-order valence-corrected chi connectivity index (χ1v) is 5.96. The van der Waals surface area contributed by atoms with Gasteiger partial charge in [-0.1, -0.05) is 0 Å². The Kier molecular flexibility index (Phi) is 3.20. The predicted octanol–water partition coefficient (Wildman–Crippen LogP) is 3.42. The molecule has 0 radical (unpaired) electrons. The second-order valence-electron chi connectivity index (χ2n) is 3.91. The largest absolute Gasteiger partial charge is 0.466 e. The Bertz CT molecular complexity index is 559. The molecule has 7 heteroatoms. The van der Waals surface area contributed by atoms with Gasteiger partial charge in [-0.25, -0.2) is 4.98 Å². The summed E-state index contributed by atoms with van der Waals surface area (Å²) in [7, 11) is 0. The third-order valence-electron chi connectivity index (χ3n) is 2.49. The Balaban J connectivity index is 2.32. The number of nitrogens with zero attached hydrogens (tertiary/aromatic N) is 1. The predicted molar refractivity (Wildman–Crippen MR) is 61.3 cm³/mol. The number of furan rings is 1. The van der Waals surface area contributed by atoms with Crippen LogP contribution in [0.5, 0.6) is 0 Å². The molecule has 0 saturated heterocycles. The van der Waals surface area contributed by atoms with Crippen molar-refractivity contribution in [3.63, 3.8) is 0 Å². The lowest BCUT2D eigenvalue weighted by atomic mass is 10.1. The third-order valence-corrected chi connectivity index (χ3v) is 3.61. The van der Waals surface area contributed by atoms with Crippen LogP contribution in [0.15, 0.2) is 16.7 Å². The summed E-state index contributed by atoms with van der Waals surface area (Å²) < 4.78 is 42.6. The Morgan fingerprint density at radius 3 is 2.50 bits per heavy atom. The van der Waals surface area contributed by atoms with Crippen molar-refractivity contribution >= 4 is 11.3 Å². The molecule has 1 atom stereocenters. The highest BCUT2D eigenvalue weighted by Gasteiger charge is 2.35. The molecule has 2 aromatic rings. The molecule has 0 aliphatic rings. The summed E-state index contributed by atoms with van der Waals surface area (Å²) >= 11 is 0.558. The van der Waals surface area contributed by atoms with E-state index in [2.05, 4.69) is 4.98 Å². The van der Waals surface area contributed by atoms with Gasteiger partial charge in [0, 0.05) is 16.6 Å². The van der Waals surface area contributed by atoms with Crippen LogP contribution in [-0.2, 0) is 6.18 Å². The Morgan fingerprint density at radius 2 is 2.06 bits per heavy atom. The fraction of sp³-hybridized carbons (Fsp3) is 0.364. The lowest BCUT2D eigenvalue weighted by Gasteiger charge is -2.07. The van der Waals surface area contributed by atoms with Gasteiger partial charge < -0.3 is 10.2 Å². The van der Waals surface area contributed by atoms with Gasteiger partial charge in [-0.05, 0) is 19.9 Å². The molecule has 0 aliphatic heterocycles. The first-order valence-electron chi connectivity index (χ1n) is 5.14. The van der Waals surface area contributed by atoms with Crippen LogP contribution in [0.2, 0.25) is 0 Å². The third kappa shape index (κ3) is 2.41. The van der Waals surface area contributed by atoms with Crippen molar-refractivity contribution in [2.45, 2.75) is 26.1 Å². The summed E-state index contributed by atoms with van der Waals surface area (Å²) in [5.74, 6) is 1.29. The van der Waals surface area contributed by atoms with E-state index in [1.807, 2.05) is 0 Å². The fourth-order valence-electron chi connectivity index (χ4n) is 1.67. The average Bonchev–Trinajstić information content (AvgIpc) is 2.83. The Labute approximate surface area is 105 Å². The number of alkyl halides is 3. The van der Waals surface area contributed by atoms with Crippen molar-refractivity contribution in [2.24, 2.45) is 5.73 Å². The lowest BCUT2D eigenvalue weighted by Crippen LogP contribution is -2.10. The van der Waals surface area contributed by atoms with E-state index in [4.69, 9.17) is 10.2 Å². The van der Waals surface area contributed by atoms with Crippen molar-refractivity contribution in [1.29, 1.82) is 0 Å². The number of nitrogens with two attached hydrogens (primary N) is 1. The van der Waals surface area contributed by atoms with Crippen LogP contribution in [0, 0.1) is 13.8 Å². The first-order chi connectivity index (χ1) is 8.29. The molecule has 2 heterocycles. The zero-order chi connectivity index (χ0) is 13.5. The standard InChI is InChI=1S/C11H11F3N2OS/c1-5-3-7(6(2)17-5)9(15)8-4-16-10(18-8)11(12,13)14/h3-4,9H,15H2,1-2H3. The molecule has 2 aromatic heterocycles. The molecule has 98 valence electrons. The SMILES string of the molecule is Cc1cc(C(N)c2cnc(C(F)(F)F)s2)c(C)o1. The normalized spacial score (nSPS) is 13.9. The molecule has 3 nitrogen and oxygen atoms in total. The second kappa shape index (κ2) is 4.40. The van der Waals surface area contributed by atoms with Gasteiger partial charge in [0.1, 0.15) is 11.5 Å². The molecular formula is C11H11F3N2OS. The summed E-state index contributed by atoms with van der Waals surface area (Å²) in [4.78, 5) is 3.72. The molecular weight excluding hydrogens is 265 g/mol. The topological polar surface area (TPSA) is 52.0 Å². The van der Waals surface area contributed by atoms with Gasteiger partial charge in [-0.2, -0.15) is 13.2 Å². The molecule has 0 amide bonds. The molecule has 2 rings (SSSR count). The molecule has 18 heavy (non-hydrogen) atoms. The monoisotopic (exact) mass is 276 g/mol. The van der Waals surface area contributed by atoms with Crippen molar-refractivity contribution < 1.29 is 17.6 Å². The average molecular weight is 276 g/mol. The van der Waals surface area contributed by atoms with Crippen LogP contribution in [0.1, 0.15) is 33.0 Å². The smallest absolute Gasteiger partial charge is 0.443 e. The number of thiazole rings is 1. The number of hydrogen-bond acceptors (Lipinski definition) is 4. The molecule has 0 spiro atoms. The van der Waals surface area contributed by atoms with Gasteiger partial charge in [0.15, 0.2) is 5.01 Å². The summed E-state index contributed by atoms with van der Waals surface area (Å²) in [6.45, 7) is 3.49. The highest BCUT2D eigenvalue weighted by atomic mass is 32.1. The van der Waals surface area contributed by atoms with Crippen LogP contribution in [0.3, 0.4) is 0 Å². The molecule has 0 aromatic carbocycles. The van der Waals surface area contributed by atoms with Gasteiger partial charge in [0.25, 0.3) is 0 Å². The lowest BCUT2D eigenvalue weighted by molar-refractivity contribution is -0.137. The van der Waals surface area contributed by atoms with Gasteiger partial charge in [-0.3, -0.25) is 0 Å². The summed E-state index contributed by atoms with van der Waals surface area (Å²) in [6, 6.07) is 1.09. The van der Waals surface area contributed by atoms with Crippen molar-refractivity contribution in [1.82, 2.24) is 4.98 Å². The van der Waals surface area contributed by atoms with E-state index in [0.717, 1.165) is 0 Å². The number of aryl methyl sites for hydroxylation is 2. The number of hydrogen-bond donors (Lipinski definition) is 1. The Hall–Kier alpha value is -1.34. The quantitative estimate of drug-likeness (QED) is 0.914. The van der Waals surface area contributed by atoms with Crippen molar-refractivity contribution in [2.75, 3.05) is 0 Å². The van der Waals surface area contributed by atoms with Crippen LogP contribution < -0.4 is 5.73 Å². The minimum Gasteiger partial charge on any atom is -0.466 e. The van der Waals surface area contributed by atoms with Crippen LogP contribution >= 0.6 is 11.3 Å². The minimum atomic E-state index is -4.43. The first kappa shape index (κ1) is 13.1. The van der Waals surface area contributed by atoms with Crippen LogP contribution in [0.25, 0.3) is 0 Å². The number of aromatic nitrogens is 1. The highest BCUT2D eigenvalue weighted by molar-refractivity contribution is 7.11. The van der Waals surface area contributed by atoms with E-state index in [-0.39, 0.29) is 0 Å². The molecule has 0 aliphatic carbocycles. The maximum absolute atomic E-state index is 12.4. The fourth-order valence-corrected chi connectivity index (χ4v) is 2.48. The highest BCUT2D eigenvalue weighted by Crippen LogP contribution is 2.36. The van der Waals surface area contributed by atoms with E-state index < -0.39 is 17.2 Å². The van der Waals surface area contributed by atoms with Crippen LogP contribution in [0.4, 0.5) is 13.2 Å². The zero-order valence-electron chi connectivity index (χ0n) is 9.71. The molecule has 1 unspecified atom stereocenters. The maximum atomic E-state index is 12.4. The summed E-state index contributed by atoms with van der Waals surface area (Å²) in [5, 5.41) is -0.884. The van der Waals surface area contributed by atoms with Gasteiger partial charge in [-0.15, -0.1) is 11.3 Å². The van der Waals surface area contributed by atoms with Crippen molar-refractivity contribution in [3.05, 3.63) is 39.2 Å². The number of rotatable bonds is 2. The van der Waals surface area contributed by atoms with Gasteiger partial charge in [0.05, 0.1) is 6.04 Å². The van der Waals surface area contributed by atoms with Gasteiger partial charge >= 0.3 is 6.18 Å². The zero-order valence-corrected chi connectivity index (χ0v) is 10.5. The van der Waals surface area contributed by atoms with Gasteiger partial charge in [0.2, 0.25) is 0 Å². The Morgan fingerprint density at radius 1 is 1.39 bits per heavy atom. The minimum absolute atomic E-state index is 0.367. The van der Waals surface area contributed by atoms with E-state index in [9.17, 15) is 13.2 Å². The molecule has 0 saturated carbocycles. The molecule has 0 bridgehead atoms. The van der Waals surface area contributed by atoms with E-state index in [1.54, 1.807) is 19.9 Å². The van der Waals surface area contributed by atoms with Crippen LogP contribution in [-0.4, -0.2) is 4.98 Å². The molecule has 2 N–H and O–H groups in total. The summed E-state index contributed by atoms with van der Waals surface area (Å²) in [5.41, 5.74) is 6.62. The molecule has 0 fully saturated rings. The second-order valence-corrected chi connectivity index (χ2v) is 4.97.